The highest BCUT2D eigenvalue weighted by atomic mass is 35.5. The summed E-state index contributed by atoms with van der Waals surface area (Å²) >= 11 is 7.65. The highest BCUT2D eigenvalue weighted by molar-refractivity contribution is 7.19. The van der Waals surface area contributed by atoms with Gasteiger partial charge in [-0.1, -0.05) is 23.7 Å². The minimum absolute atomic E-state index is 0.665. The van der Waals surface area contributed by atoms with Gasteiger partial charge >= 0.3 is 0 Å². The van der Waals surface area contributed by atoms with E-state index in [4.69, 9.17) is 17.3 Å². The van der Waals surface area contributed by atoms with Gasteiger partial charge in [-0.3, -0.25) is 0 Å². The second kappa shape index (κ2) is 6.16. The molecule has 0 bridgehead atoms. The lowest BCUT2D eigenvalue weighted by atomic mass is 9.97. The van der Waals surface area contributed by atoms with Crippen molar-refractivity contribution in [3.8, 4) is 0 Å². The lowest BCUT2D eigenvalue weighted by molar-refractivity contribution is 0.218. The highest BCUT2D eigenvalue weighted by Crippen LogP contribution is 2.38. The van der Waals surface area contributed by atoms with Crippen LogP contribution in [0.15, 0.2) is 30.3 Å². The molecule has 1 aromatic heterocycles. The molecule has 118 valence electrons. The Labute approximate surface area is 145 Å². The van der Waals surface area contributed by atoms with Gasteiger partial charge in [-0.05, 0) is 66.6 Å². The monoisotopic (exact) mass is 343 g/mol. The number of rotatable bonds is 3. The number of hydrogen-bond donors (Lipinski definition) is 2. The van der Waals surface area contributed by atoms with Crippen molar-refractivity contribution >= 4 is 38.7 Å². The molecule has 0 aliphatic carbocycles. The number of fused-ring (bicyclic) bond motifs is 1. The highest BCUT2D eigenvalue weighted by Gasteiger charge is 2.18. The van der Waals surface area contributed by atoms with E-state index in [0.717, 1.165) is 37.2 Å². The van der Waals surface area contributed by atoms with Crippen LogP contribution >= 0.6 is 22.9 Å². The summed E-state index contributed by atoms with van der Waals surface area (Å²) in [6.45, 7) is 7.89. The van der Waals surface area contributed by atoms with Gasteiger partial charge in [-0.15, -0.1) is 11.3 Å². The molecule has 0 saturated carbocycles. The Bertz CT molecular complexity index is 885. The Balaban J connectivity index is 1.96. The third-order valence-electron chi connectivity index (χ3n) is 4.20. The largest absolute Gasteiger partial charge is 0.398 e. The van der Waals surface area contributed by atoms with Gasteiger partial charge < -0.3 is 10.8 Å². The van der Waals surface area contributed by atoms with Crippen LogP contribution in [-0.2, 0) is 0 Å². The minimum Gasteiger partial charge on any atom is -0.398 e. The van der Waals surface area contributed by atoms with Crippen molar-refractivity contribution < 1.29 is 5.11 Å². The van der Waals surface area contributed by atoms with Crippen molar-refractivity contribution in [2.75, 3.05) is 5.73 Å². The number of aryl methyl sites for hydroxylation is 1. The number of hydrogen-bond acceptors (Lipinski definition) is 3. The first kappa shape index (κ1) is 16.3. The fraction of sp³-hybridized carbons (Fsp3) is 0.158. The normalized spacial score (nSPS) is 12.7. The zero-order valence-electron chi connectivity index (χ0n) is 13.1. The molecule has 0 aliphatic heterocycles. The predicted octanol–water partition coefficient (Wildman–Crippen LogP) is 5.22. The van der Waals surface area contributed by atoms with E-state index in [1.165, 1.54) is 0 Å². The Morgan fingerprint density at radius 3 is 2.70 bits per heavy atom. The van der Waals surface area contributed by atoms with Crippen molar-refractivity contribution in [2.24, 2.45) is 0 Å². The summed E-state index contributed by atoms with van der Waals surface area (Å²) < 4.78 is 1.12. The van der Waals surface area contributed by atoms with Gasteiger partial charge in [-0.2, -0.15) is 0 Å². The number of aliphatic hydroxyl groups excluding tert-OH is 1. The van der Waals surface area contributed by atoms with Gasteiger partial charge in [0.1, 0.15) is 0 Å². The fourth-order valence-electron chi connectivity index (χ4n) is 2.68. The molecule has 23 heavy (non-hydrogen) atoms. The van der Waals surface area contributed by atoms with E-state index < -0.39 is 6.10 Å². The van der Waals surface area contributed by atoms with Crippen LogP contribution in [0.3, 0.4) is 0 Å². The molecule has 2 radical (unpaired) electrons. The molecule has 0 fully saturated rings. The molecule has 3 aromatic rings. The number of aliphatic hydroxyl groups is 1. The van der Waals surface area contributed by atoms with Crippen LogP contribution in [0.25, 0.3) is 10.1 Å². The van der Waals surface area contributed by atoms with E-state index >= 15 is 0 Å². The van der Waals surface area contributed by atoms with Gasteiger partial charge in [0, 0.05) is 26.7 Å². The van der Waals surface area contributed by atoms with Crippen LogP contribution in [-0.4, -0.2) is 5.11 Å². The molecule has 3 rings (SSSR count). The molecule has 1 heterocycles. The first-order chi connectivity index (χ1) is 10.9. The Morgan fingerprint density at radius 1 is 1.22 bits per heavy atom. The molecule has 0 aliphatic rings. The maximum absolute atomic E-state index is 10.7. The topological polar surface area (TPSA) is 46.2 Å². The number of nitrogen functional groups attached to an aromatic ring is 1. The fourth-order valence-corrected chi connectivity index (χ4v) is 4.00. The van der Waals surface area contributed by atoms with Crippen LogP contribution in [0, 0.1) is 27.2 Å². The van der Waals surface area contributed by atoms with E-state index in [1.807, 2.05) is 44.2 Å². The third-order valence-corrected chi connectivity index (χ3v) is 5.78. The number of nitrogens with two attached hydrogens (primary N) is 1. The van der Waals surface area contributed by atoms with Gasteiger partial charge in [-0.25, -0.2) is 0 Å². The van der Waals surface area contributed by atoms with E-state index in [-0.39, 0.29) is 0 Å². The predicted molar refractivity (Wildman–Crippen MR) is 100.0 cm³/mol. The summed E-state index contributed by atoms with van der Waals surface area (Å²) in [5.41, 5.74) is 10.6. The van der Waals surface area contributed by atoms with Crippen LogP contribution < -0.4 is 5.73 Å². The van der Waals surface area contributed by atoms with Crippen LogP contribution in [0.4, 0.5) is 5.69 Å². The minimum atomic E-state index is -0.705. The van der Waals surface area contributed by atoms with Crippen LogP contribution in [0.2, 0.25) is 5.02 Å². The van der Waals surface area contributed by atoms with Crippen LogP contribution in [0.5, 0.6) is 0 Å². The molecule has 3 N–H and O–H groups in total. The summed E-state index contributed by atoms with van der Waals surface area (Å²) in [7, 11) is 0. The molecule has 1 atom stereocenters. The van der Waals surface area contributed by atoms with Gasteiger partial charge in [0.25, 0.3) is 0 Å². The van der Waals surface area contributed by atoms with Gasteiger partial charge in [0.2, 0.25) is 0 Å². The summed E-state index contributed by atoms with van der Waals surface area (Å²) in [6, 6.07) is 9.61. The zero-order chi connectivity index (χ0) is 16.7. The molecule has 4 heteroatoms. The molecule has 2 aromatic carbocycles. The molecule has 0 amide bonds. The number of anilines is 1. The van der Waals surface area contributed by atoms with E-state index in [9.17, 15) is 5.11 Å². The summed E-state index contributed by atoms with van der Waals surface area (Å²) in [5.74, 6) is 0. The maximum Gasteiger partial charge on any atom is 0.0961 e. The Morgan fingerprint density at radius 2 is 1.96 bits per heavy atom. The third kappa shape index (κ3) is 2.97. The van der Waals surface area contributed by atoms with E-state index in [2.05, 4.69) is 6.92 Å². The molecule has 0 saturated heterocycles. The van der Waals surface area contributed by atoms with Crippen molar-refractivity contribution in [3.05, 3.63) is 75.8 Å². The lowest BCUT2D eigenvalue weighted by Crippen LogP contribution is -2.04. The average Bonchev–Trinajstić information content (AvgIpc) is 2.85. The van der Waals surface area contributed by atoms with Gasteiger partial charge in [0.15, 0.2) is 0 Å². The smallest absolute Gasteiger partial charge is 0.0961 e. The summed E-state index contributed by atoms with van der Waals surface area (Å²) in [4.78, 5) is 0.915. The van der Waals surface area contributed by atoms with Crippen molar-refractivity contribution in [1.29, 1.82) is 0 Å². The zero-order valence-corrected chi connectivity index (χ0v) is 14.6. The quantitative estimate of drug-likeness (QED) is 0.640. The van der Waals surface area contributed by atoms with Crippen molar-refractivity contribution in [2.45, 2.75) is 20.0 Å². The standard InChI is InChI=1S/C19H18ClNOS/c1-10-4-5-13(18(21)11(10)2)8-16(22)19-12(3)15-9-14(20)6-7-17(15)23-19/h4-9,16,22H,1,21H2,2-3H3. The SMILES string of the molecule is [CH2]c1ccc([CH]C(O)c2sc3ccc(Cl)cc3c2C)c(N)c1C. The summed E-state index contributed by atoms with van der Waals surface area (Å²) in [6.07, 6.45) is 1.09. The Kier molecular flexibility index (Phi) is 4.37. The average molecular weight is 344 g/mol. The lowest BCUT2D eigenvalue weighted by Gasteiger charge is -2.14. The van der Waals surface area contributed by atoms with Crippen LogP contribution in [0.1, 0.15) is 33.2 Å². The number of halogens is 1. The number of benzene rings is 2. The second-order valence-electron chi connectivity index (χ2n) is 5.70. The van der Waals surface area contributed by atoms with Crippen molar-refractivity contribution in [3.63, 3.8) is 0 Å². The number of thiophene rings is 1. The Hall–Kier alpha value is -1.55. The van der Waals surface area contributed by atoms with E-state index in [1.54, 1.807) is 17.8 Å². The molecular formula is C19H18ClNOS. The summed E-state index contributed by atoms with van der Waals surface area (Å²) in [5, 5.41) is 12.4. The van der Waals surface area contributed by atoms with E-state index in [0.29, 0.717) is 10.7 Å². The molecule has 2 nitrogen and oxygen atoms in total. The molecule has 1 unspecified atom stereocenters. The molecular weight excluding hydrogens is 326 g/mol. The first-order valence-corrected chi connectivity index (χ1v) is 8.50. The maximum atomic E-state index is 10.7. The molecule has 0 spiro atoms. The first-order valence-electron chi connectivity index (χ1n) is 7.31. The van der Waals surface area contributed by atoms with Gasteiger partial charge in [0.05, 0.1) is 6.10 Å². The van der Waals surface area contributed by atoms with Crippen molar-refractivity contribution in [1.82, 2.24) is 0 Å². The second-order valence-corrected chi connectivity index (χ2v) is 7.22.